The molecule has 2 aromatic heterocycles. The molecule has 0 N–H and O–H groups in total. The number of hydrogen-bond donors (Lipinski definition) is 0. The Bertz CT molecular complexity index is 946. The van der Waals surface area contributed by atoms with E-state index in [4.69, 9.17) is 23.2 Å². The highest BCUT2D eigenvalue weighted by atomic mass is 35.5. The van der Waals surface area contributed by atoms with E-state index in [1.54, 1.807) is 43.1 Å². The lowest BCUT2D eigenvalue weighted by Gasteiger charge is -2.33. The molecule has 9 heteroatoms. The van der Waals surface area contributed by atoms with E-state index in [-0.39, 0.29) is 10.6 Å². The van der Waals surface area contributed by atoms with Gasteiger partial charge in [-0.1, -0.05) is 23.2 Å². The molecule has 0 spiro atoms. The summed E-state index contributed by atoms with van der Waals surface area (Å²) in [7, 11) is 0. The van der Waals surface area contributed by atoms with Gasteiger partial charge in [-0.25, -0.2) is 9.67 Å². The molecular formula is C17H16Cl2N6O. The fourth-order valence-electron chi connectivity index (χ4n) is 3.19. The summed E-state index contributed by atoms with van der Waals surface area (Å²) < 4.78 is 3.17. The van der Waals surface area contributed by atoms with Gasteiger partial charge in [0.2, 0.25) is 0 Å². The fourth-order valence-corrected chi connectivity index (χ4v) is 3.56. The minimum atomic E-state index is -0.343. The number of nitrogens with zero attached hydrogens (tertiary/aromatic N) is 6. The van der Waals surface area contributed by atoms with Gasteiger partial charge in [0, 0.05) is 18.1 Å². The normalized spacial score (nSPS) is 15.4. The van der Waals surface area contributed by atoms with Gasteiger partial charge in [0.05, 0.1) is 23.6 Å². The first-order valence-corrected chi connectivity index (χ1v) is 9.02. The van der Waals surface area contributed by atoms with Gasteiger partial charge in [-0.2, -0.15) is 14.9 Å². The minimum Gasteiger partial charge on any atom is -0.369 e. The van der Waals surface area contributed by atoms with E-state index >= 15 is 0 Å². The van der Waals surface area contributed by atoms with Crippen molar-refractivity contribution in [2.75, 3.05) is 18.0 Å². The third kappa shape index (κ3) is 3.20. The largest absolute Gasteiger partial charge is 0.369 e. The highest BCUT2D eigenvalue weighted by Gasteiger charge is 2.24. The van der Waals surface area contributed by atoms with Crippen molar-refractivity contribution < 1.29 is 0 Å². The summed E-state index contributed by atoms with van der Waals surface area (Å²) in [4.78, 5) is 18.7. The van der Waals surface area contributed by atoms with Gasteiger partial charge in [0.15, 0.2) is 0 Å². The van der Waals surface area contributed by atoms with Gasteiger partial charge in [-0.15, -0.1) is 0 Å². The summed E-state index contributed by atoms with van der Waals surface area (Å²) in [5, 5.41) is 9.27. The first-order valence-electron chi connectivity index (χ1n) is 8.26. The van der Waals surface area contributed by atoms with Crippen molar-refractivity contribution >= 4 is 28.9 Å². The van der Waals surface area contributed by atoms with Crippen LogP contribution in [0.25, 0.3) is 5.69 Å². The van der Waals surface area contributed by atoms with Crippen LogP contribution in [-0.4, -0.2) is 37.6 Å². The van der Waals surface area contributed by atoms with E-state index in [1.165, 1.54) is 4.68 Å². The van der Waals surface area contributed by atoms with Crippen LogP contribution in [0, 0.1) is 0 Å². The van der Waals surface area contributed by atoms with Gasteiger partial charge in [-0.3, -0.25) is 4.79 Å². The molecule has 3 aromatic rings. The van der Waals surface area contributed by atoms with Crippen LogP contribution in [0.1, 0.15) is 18.9 Å². The highest BCUT2D eigenvalue weighted by molar-refractivity contribution is 6.33. The maximum absolute atomic E-state index is 12.7. The lowest BCUT2D eigenvalue weighted by atomic mass is 10.1. The maximum atomic E-state index is 12.7. The predicted molar refractivity (Wildman–Crippen MR) is 100 cm³/mol. The molecule has 0 aliphatic carbocycles. The monoisotopic (exact) mass is 390 g/mol. The Labute approximate surface area is 159 Å². The van der Waals surface area contributed by atoms with E-state index in [1.807, 2.05) is 4.68 Å². The summed E-state index contributed by atoms with van der Waals surface area (Å²) in [5.74, 6) is 0. The Morgan fingerprint density at radius 2 is 1.77 bits per heavy atom. The molecule has 0 radical (unpaired) electrons. The molecular weight excluding hydrogens is 375 g/mol. The lowest BCUT2D eigenvalue weighted by Crippen LogP contribution is -2.36. The summed E-state index contributed by atoms with van der Waals surface area (Å²) >= 11 is 12.3. The van der Waals surface area contributed by atoms with Gasteiger partial charge < -0.3 is 4.90 Å². The molecule has 1 fully saturated rings. The third-order valence-electron chi connectivity index (χ3n) is 4.59. The average Bonchev–Trinajstić information content (AvgIpc) is 3.20. The number of anilines is 1. The van der Waals surface area contributed by atoms with Crippen LogP contribution in [0.2, 0.25) is 10.0 Å². The zero-order chi connectivity index (χ0) is 18.1. The maximum Gasteiger partial charge on any atom is 0.292 e. The molecule has 4 rings (SSSR count). The summed E-state index contributed by atoms with van der Waals surface area (Å²) in [6, 6.07) is 7.20. The number of hydrogen-bond acceptors (Lipinski definition) is 5. The topological polar surface area (TPSA) is 68.8 Å². The van der Waals surface area contributed by atoms with Gasteiger partial charge >= 0.3 is 0 Å². The lowest BCUT2D eigenvalue weighted by molar-refractivity contribution is 0.366. The number of rotatable bonds is 3. The Balaban J connectivity index is 1.56. The predicted octanol–water partition coefficient (Wildman–Crippen LogP) is 2.97. The Kier molecular flexibility index (Phi) is 4.65. The second-order valence-corrected chi connectivity index (χ2v) is 6.95. The van der Waals surface area contributed by atoms with Crippen LogP contribution >= 0.6 is 23.2 Å². The number of aromatic nitrogens is 5. The highest BCUT2D eigenvalue weighted by Crippen LogP contribution is 2.28. The van der Waals surface area contributed by atoms with Crippen molar-refractivity contribution in [1.82, 2.24) is 24.5 Å². The molecule has 0 atom stereocenters. The molecule has 134 valence electrons. The zero-order valence-electron chi connectivity index (χ0n) is 13.8. The molecule has 1 aliphatic rings. The number of benzene rings is 1. The quantitative estimate of drug-likeness (QED) is 0.687. The van der Waals surface area contributed by atoms with Crippen LogP contribution in [0.3, 0.4) is 0 Å². The fraction of sp³-hybridized carbons (Fsp3) is 0.294. The number of piperidine rings is 1. The Morgan fingerprint density at radius 1 is 1.04 bits per heavy atom. The van der Waals surface area contributed by atoms with Gasteiger partial charge in [0.1, 0.15) is 17.7 Å². The summed E-state index contributed by atoms with van der Waals surface area (Å²) in [5.41, 5.74) is 0.946. The molecule has 0 saturated carbocycles. The van der Waals surface area contributed by atoms with Gasteiger partial charge in [-0.05, 0) is 37.1 Å². The molecule has 7 nitrogen and oxygen atoms in total. The Morgan fingerprint density at radius 3 is 2.42 bits per heavy atom. The van der Waals surface area contributed by atoms with Crippen molar-refractivity contribution in [3.63, 3.8) is 0 Å². The molecule has 1 saturated heterocycles. The molecule has 0 bridgehead atoms. The van der Waals surface area contributed by atoms with Crippen LogP contribution < -0.4 is 10.5 Å². The zero-order valence-corrected chi connectivity index (χ0v) is 15.3. The Hall–Kier alpha value is -2.38. The average molecular weight is 391 g/mol. The standard InChI is InChI=1S/C17H16Cl2N6O/c18-12-1-3-14(4-2-12)25-17(26)16(19)15(9-21-25)23-7-5-13(6-8-23)24-11-20-10-22-24/h1-4,9-11,13H,5-8H2. The van der Waals surface area contributed by atoms with Crippen LogP contribution in [0.4, 0.5) is 5.69 Å². The summed E-state index contributed by atoms with van der Waals surface area (Å²) in [6.45, 7) is 1.55. The van der Waals surface area contributed by atoms with E-state index in [0.717, 1.165) is 25.9 Å². The van der Waals surface area contributed by atoms with Gasteiger partial charge in [0.25, 0.3) is 5.56 Å². The molecule has 0 amide bonds. The van der Waals surface area contributed by atoms with Crippen LogP contribution in [0.15, 0.2) is 47.9 Å². The molecule has 1 aromatic carbocycles. The molecule has 0 unspecified atom stereocenters. The van der Waals surface area contributed by atoms with Crippen molar-refractivity contribution in [2.45, 2.75) is 18.9 Å². The van der Waals surface area contributed by atoms with Crippen molar-refractivity contribution in [2.24, 2.45) is 0 Å². The third-order valence-corrected chi connectivity index (χ3v) is 5.19. The number of halogens is 2. The van der Waals surface area contributed by atoms with E-state index in [2.05, 4.69) is 20.1 Å². The second-order valence-electron chi connectivity index (χ2n) is 6.13. The van der Waals surface area contributed by atoms with E-state index in [0.29, 0.717) is 22.4 Å². The first kappa shape index (κ1) is 17.1. The SMILES string of the molecule is O=c1c(Cl)c(N2CCC(n3cncn3)CC2)cnn1-c1ccc(Cl)cc1. The molecule has 1 aliphatic heterocycles. The first-order chi connectivity index (χ1) is 12.6. The minimum absolute atomic E-state index is 0.175. The van der Waals surface area contributed by atoms with Crippen molar-refractivity contribution in [3.8, 4) is 5.69 Å². The molecule has 26 heavy (non-hydrogen) atoms. The van der Waals surface area contributed by atoms with Crippen LogP contribution in [0.5, 0.6) is 0 Å². The molecule has 3 heterocycles. The second kappa shape index (κ2) is 7.09. The van der Waals surface area contributed by atoms with Crippen molar-refractivity contribution in [1.29, 1.82) is 0 Å². The van der Waals surface area contributed by atoms with Crippen molar-refractivity contribution in [3.05, 3.63) is 63.5 Å². The van der Waals surface area contributed by atoms with E-state index < -0.39 is 0 Å². The smallest absolute Gasteiger partial charge is 0.292 e. The van der Waals surface area contributed by atoms with E-state index in [9.17, 15) is 4.79 Å². The van der Waals surface area contributed by atoms with Crippen LogP contribution in [-0.2, 0) is 0 Å². The summed E-state index contributed by atoms with van der Waals surface area (Å²) in [6.07, 6.45) is 6.74.